The second-order valence-electron chi connectivity index (χ2n) is 2.20. The molecular weight excluding hydrogens is 176 g/mol. The third-order valence-electron chi connectivity index (χ3n) is 1.39. The van der Waals surface area contributed by atoms with Crippen LogP contribution >= 0.6 is 11.6 Å². The van der Waals surface area contributed by atoms with Crippen molar-refractivity contribution in [3.05, 3.63) is 35.9 Å². The molecule has 3 nitrogen and oxygen atoms in total. The molecule has 60 valence electrons. The molecule has 2 aromatic rings. The minimum absolute atomic E-state index is 0.380. The molecule has 0 N–H and O–H groups in total. The van der Waals surface area contributed by atoms with Gasteiger partial charge in [-0.3, -0.25) is 0 Å². The van der Waals surface area contributed by atoms with E-state index in [1.807, 2.05) is 6.07 Å². The molecule has 12 heavy (non-hydrogen) atoms. The van der Waals surface area contributed by atoms with Crippen LogP contribution in [0.5, 0.6) is 0 Å². The maximum absolute atomic E-state index is 5.57. The molecular formula is C8H5ClN2O. The lowest BCUT2D eigenvalue weighted by molar-refractivity contribution is 0.579. The van der Waals surface area contributed by atoms with E-state index in [4.69, 9.17) is 16.0 Å². The highest BCUT2D eigenvalue weighted by Crippen LogP contribution is 2.16. The molecule has 0 unspecified atom stereocenters. The zero-order chi connectivity index (χ0) is 8.39. The lowest BCUT2D eigenvalue weighted by Crippen LogP contribution is -1.82. The number of halogens is 1. The molecule has 0 spiro atoms. The van der Waals surface area contributed by atoms with Crippen molar-refractivity contribution in [2.24, 2.45) is 0 Å². The van der Waals surface area contributed by atoms with E-state index in [2.05, 4.69) is 9.97 Å². The highest BCUT2D eigenvalue weighted by molar-refractivity contribution is 6.29. The second-order valence-corrected chi connectivity index (χ2v) is 2.59. The molecule has 0 fully saturated rings. The first-order chi connectivity index (χ1) is 5.86. The smallest absolute Gasteiger partial charge is 0.153 e. The first kappa shape index (κ1) is 7.31. The van der Waals surface area contributed by atoms with Gasteiger partial charge < -0.3 is 4.42 Å². The summed E-state index contributed by atoms with van der Waals surface area (Å²) in [4.78, 5) is 7.91. The van der Waals surface area contributed by atoms with Crippen LogP contribution in [0.25, 0.3) is 11.5 Å². The Hall–Kier alpha value is -1.35. The van der Waals surface area contributed by atoms with Gasteiger partial charge in [0, 0.05) is 0 Å². The highest BCUT2D eigenvalue weighted by atomic mass is 35.5. The van der Waals surface area contributed by atoms with E-state index < -0.39 is 0 Å². The maximum Gasteiger partial charge on any atom is 0.153 e. The lowest BCUT2D eigenvalue weighted by atomic mass is 10.3. The zero-order valence-electron chi connectivity index (χ0n) is 6.07. The fourth-order valence-corrected chi connectivity index (χ4v) is 0.961. The third kappa shape index (κ3) is 1.31. The Balaban J connectivity index is 2.43. The number of aromatic nitrogens is 2. The van der Waals surface area contributed by atoms with Crippen LogP contribution in [0.3, 0.4) is 0 Å². The molecule has 0 radical (unpaired) electrons. The molecule has 0 aliphatic rings. The number of hydrogen-bond donors (Lipinski definition) is 0. The highest BCUT2D eigenvalue weighted by Gasteiger charge is 2.00. The molecule has 0 aliphatic carbocycles. The molecule has 4 heteroatoms. The Morgan fingerprint density at radius 3 is 2.75 bits per heavy atom. The van der Waals surface area contributed by atoms with Crippen LogP contribution in [0.2, 0.25) is 5.15 Å². The Kier molecular flexibility index (Phi) is 1.80. The van der Waals surface area contributed by atoms with Crippen LogP contribution < -0.4 is 0 Å². The quantitative estimate of drug-likeness (QED) is 0.677. The molecule has 2 rings (SSSR count). The molecule has 0 saturated carbocycles. The number of nitrogens with zero attached hydrogens (tertiary/aromatic N) is 2. The van der Waals surface area contributed by atoms with E-state index >= 15 is 0 Å². The van der Waals surface area contributed by atoms with Gasteiger partial charge in [-0.1, -0.05) is 11.6 Å². The van der Waals surface area contributed by atoms with Crippen LogP contribution in [0.15, 0.2) is 35.2 Å². The summed E-state index contributed by atoms with van der Waals surface area (Å²) >= 11 is 5.57. The van der Waals surface area contributed by atoms with Crippen molar-refractivity contribution < 1.29 is 4.42 Å². The third-order valence-corrected chi connectivity index (χ3v) is 1.59. The largest absolute Gasteiger partial charge is 0.463 e. The minimum atomic E-state index is 0.380. The first-order valence-corrected chi connectivity index (χ1v) is 3.75. The number of furan rings is 1. The summed E-state index contributed by atoms with van der Waals surface area (Å²) in [6.45, 7) is 0. The molecule has 0 aliphatic heterocycles. The van der Waals surface area contributed by atoms with Gasteiger partial charge in [0.15, 0.2) is 5.76 Å². The van der Waals surface area contributed by atoms with Gasteiger partial charge in [0.25, 0.3) is 0 Å². The average Bonchev–Trinajstić information content (AvgIpc) is 2.58. The van der Waals surface area contributed by atoms with Gasteiger partial charge in [0.2, 0.25) is 0 Å². The first-order valence-electron chi connectivity index (χ1n) is 3.38. The Morgan fingerprint density at radius 1 is 1.25 bits per heavy atom. The summed E-state index contributed by atoms with van der Waals surface area (Å²) in [7, 11) is 0. The van der Waals surface area contributed by atoms with Gasteiger partial charge in [0.05, 0.1) is 18.7 Å². The Labute approximate surface area is 74.0 Å². The minimum Gasteiger partial charge on any atom is -0.463 e. The molecule has 2 heterocycles. The lowest BCUT2D eigenvalue weighted by Gasteiger charge is -1.93. The molecule has 2 aromatic heterocycles. The van der Waals surface area contributed by atoms with E-state index in [1.165, 1.54) is 6.20 Å². The van der Waals surface area contributed by atoms with Crippen LogP contribution in [-0.2, 0) is 0 Å². The molecule has 0 amide bonds. The van der Waals surface area contributed by atoms with Crippen LogP contribution in [0, 0.1) is 0 Å². The van der Waals surface area contributed by atoms with Gasteiger partial charge in [-0.2, -0.15) is 0 Å². The van der Waals surface area contributed by atoms with Gasteiger partial charge in [-0.05, 0) is 12.1 Å². The van der Waals surface area contributed by atoms with Gasteiger partial charge in [0.1, 0.15) is 10.8 Å². The molecule has 0 saturated heterocycles. The van der Waals surface area contributed by atoms with Crippen molar-refractivity contribution in [2.75, 3.05) is 0 Å². The van der Waals surface area contributed by atoms with Crippen molar-refractivity contribution in [1.82, 2.24) is 9.97 Å². The topological polar surface area (TPSA) is 38.9 Å². The second kappa shape index (κ2) is 2.95. The maximum atomic E-state index is 5.57. The summed E-state index contributed by atoms with van der Waals surface area (Å²) in [5, 5.41) is 0.380. The fourth-order valence-electron chi connectivity index (χ4n) is 0.864. The van der Waals surface area contributed by atoms with Crippen molar-refractivity contribution in [1.29, 1.82) is 0 Å². The standard InChI is InChI=1S/C8H5ClN2O/c9-8-5-10-6(4-11-8)7-2-1-3-12-7/h1-5H. The van der Waals surface area contributed by atoms with E-state index in [0.29, 0.717) is 16.6 Å². The van der Waals surface area contributed by atoms with Crippen LogP contribution in [0.1, 0.15) is 0 Å². The van der Waals surface area contributed by atoms with Gasteiger partial charge in [-0.25, -0.2) is 9.97 Å². The van der Waals surface area contributed by atoms with E-state index in [9.17, 15) is 0 Å². The SMILES string of the molecule is Clc1cnc(-c2ccco2)cn1. The molecule has 0 bridgehead atoms. The van der Waals surface area contributed by atoms with Crippen molar-refractivity contribution in [2.45, 2.75) is 0 Å². The fraction of sp³-hybridized carbons (Fsp3) is 0. The summed E-state index contributed by atoms with van der Waals surface area (Å²) in [6.07, 6.45) is 4.65. The zero-order valence-corrected chi connectivity index (χ0v) is 6.82. The van der Waals surface area contributed by atoms with Crippen LogP contribution in [0.4, 0.5) is 0 Å². The number of hydrogen-bond acceptors (Lipinski definition) is 3. The molecule has 0 aromatic carbocycles. The summed E-state index contributed by atoms with van der Waals surface area (Å²) in [5.74, 6) is 0.694. The Morgan fingerprint density at radius 2 is 2.17 bits per heavy atom. The predicted molar refractivity (Wildman–Crippen MR) is 44.7 cm³/mol. The van der Waals surface area contributed by atoms with Gasteiger partial charge in [-0.15, -0.1) is 0 Å². The van der Waals surface area contributed by atoms with Crippen molar-refractivity contribution >= 4 is 11.6 Å². The number of rotatable bonds is 1. The van der Waals surface area contributed by atoms with Crippen molar-refractivity contribution in [3.63, 3.8) is 0 Å². The Bertz CT molecular complexity index is 355. The average molecular weight is 181 g/mol. The summed E-state index contributed by atoms with van der Waals surface area (Å²) in [5.41, 5.74) is 0.685. The summed E-state index contributed by atoms with van der Waals surface area (Å²) < 4.78 is 5.11. The van der Waals surface area contributed by atoms with E-state index in [1.54, 1.807) is 18.5 Å². The van der Waals surface area contributed by atoms with E-state index in [-0.39, 0.29) is 0 Å². The normalized spacial score (nSPS) is 10.1. The van der Waals surface area contributed by atoms with Gasteiger partial charge >= 0.3 is 0 Å². The van der Waals surface area contributed by atoms with E-state index in [0.717, 1.165) is 0 Å². The summed E-state index contributed by atoms with van der Waals surface area (Å²) in [6, 6.07) is 3.61. The van der Waals surface area contributed by atoms with Crippen molar-refractivity contribution in [3.8, 4) is 11.5 Å². The monoisotopic (exact) mass is 180 g/mol. The predicted octanol–water partition coefficient (Wildman–Crippen LogP) is 2.39. The molecule has 0 atom stereocenters. The van der Waals surface area contributed by atoms with Crippen LogP contribution in [-0.4, -0.2) is 9.97 Å².